The Balaban J connectivity index is 1.75. The molecule has 0 radical (unpaired) electrons. The normalized spacial score (nSPS) is 15.4. The summed E-state index contributed by atoms with van der Waals surface area (Å²) in [6.07, 6.45) is 1.40. The molecule has 1 aliphatic rings. The highest BCUT2D eigenvalue weighted by Gasteiger charge is 2.23. The number of nitrogens with one attached hydrogen (secondary N) is 1. The Hall–Kier alpha value is -2.34. The lowest BCUT2D eigenvalue weighted by atomic mass is 10.1. The van der Waals surface area contributed by atoms with Crippen LogP contribution >= 0.6 is 0 Å². The van der Waals surface area contributed by atoms with Gasteiger partial charge in [-0.25, -0.2) is 8.42 Å². The van der Waals surface area contributed by atoms with Gasteiger partial charge in [0.15, 0.2) is 9.84 Å². The zero-order chi connectivity index (χ0) is 17.2. The van der Waals surface area contributed by atoms with E-state index < -0.39 is 9.84 Å². The molecule has 5 nitrogen and oxygen atoms in total. The SMILES string of the molecule is COc1ccccc1C(=O)NCc1ccc2c(c1)CCCS2(=O)=O. The minimum absolute atomic E-state index is 0.212. The molecule has 1 N–H and O–H groups in total. The van der Waals surface area contributed by atoms with Gasteiger partial charge in [0.05, 0.1) is 23.3 Å². The van der Waals surface area contributed by atoms with E-state index in [1.807, 2.05) is 6.07 Å². The van der Waals surface area contributed by atoms with Gasteiger partial charge in [0.2, 0.25) is 0 Å². The second-order valence-electron chi connectivity index (χ2n) is 5.75. The highest BCUT2D eigenvalue weighted by Crippen LogP contribution is 2.26. The smallest absolute Gasteiger partial charge is 0.255 e. The molecule has 0 unspecified atom stereocenters. The van der Waals surface area contributed by atoms with Gasteiger partial charge in [-0.05, 0) is 42.2 Å². The largest absolute Gasteiger partial charge is 0.496 e. The first-order chi connectivity index (χ1) is 11.5. The third-order valence-electron chi connectivity index (χ3n) is 4.12. The van der Waals surface area contributed by atoms with Gasteiger partial charge in [-0.2, -0.15) is 0 Å². The molecule has 0 saturated heterocycles. The standard InChI is InChI=1S/C18H19NO4S/c1-23-16-7-3-2-6-15(16)18(20)19-12-13-8-9-17-14(11-13)5-4-10-24(17,21)22/h2-3,6-9,11H,4-5,10,12H2,1H3,(H,19,20). The Kier molecular flexibility index (Phi) is 4.57. The average Bonchev–Trinajstić information content (AvgIpc) is 2.59. The van der Waals surface area contributed by atoms with Crippen LogP contribution in [-0.4, -0.2) is 27.2 Å². The van der Waals surface area contributed by atoms with E-state index in [2.05, 4.69) is 5.32 Å². The summed E-state index contributed by atoms with van der Waals surface area (Å²) in [4.78, 5) is 12.7. The van der Waals surface area contributed by atoms with Crippen LogP contribution in [0.1, 0.15) is 27.9 Å². The van der Waals surface area contributed by atoms with Gasteiger partial charge >= 0.3 is 0 Å². The molecule has 0 aliphatic carbocycles. The Morgan fingerprint density at radius 2 is 2.00 bits per heavy atom. The van der Waals surface area contributed by atoms with Gasteiger partial charge in [0, 0.05) is 6.54 Å². The monoisotopic (exact) mass is 345 g/mol. The molecule has 1 aliphatic heterocycles. The molecule has 0 aromatic heterocycles. The lowest BCUT2D eigenvalue weighted by Crippen LogP contribution is -2.24. The number of para-hydroxylation sites is 1. The van der Waals surface area contributed by atoms with Gasteiger partial charge in [0.1, 0.15) is 5.75 Å². The van der Waals surface area contributed by atoms with Gasteiger partial charge < -0.3 is 10.1 Å². The lowest BCUT2D eigenvalue weighted by molar-refractivity contribution is 0.0948. The summed E-state index contributed by atoms with van der Waals surface area (Å²) in [5, 5.41) is 2.85. The van der Waals surface area contributed by atoms with Crippen LogP contribution in [0.2, 0.25) is 0 Å². The number of fused-ring (bicyclic) bond motifs is 1. The molecular formula is C18H19NO4S. The van der Waals surface area contributed by atoms with Crippen molar-refractivity contribution in [2.45, 2.75) is 24.3 Å². The van der Waals surface area contributed by atoms with Crippen LogP contribution < -0.4 is 10.1 Å². The fourth-order valence-corrected chi connectivity index (χ4v) is 4.49. The van der Waals surface area contributed by atoms with E-state index in [0.717, 1.165) is 17.5 Å². The van der Waals surface area contributed by atoms with Crippen molar-refractivity contribution in [2.24, 2.45) is 0 Å². The number of carbonyl (C=O) groups excluding carboxylic acids is 1. The lowest BCUT2D eigenvalue weighted by Gasteiger charge is -2.17. The van der Waals surface area contributed by atoms with Crippen molar-refractivity contribution >= 4 is 15.7 Å². The molecule has 2 aromatic rings. The summed E-state index contributed by atoms with van der Waals surface area (Å²) < 4.78 is 29.2. The molecule has 0 fully saturated rings. The number of hydrogen-bond acceptors (Lipinski definition) is 4. The number of sulfone groups is 1. The topological polar surface area (TPSA) is 72.5 Å². The number of methoxy groups -OCH3 is 1. The number of hydrogen-bond donors (Lipinski definition) is 1. The van der Waals surface area contributed by atoms with Crippen LogP contribution in [0.3, 0.4) is 0 Å². The molecule has 2 aromatic carbocycles. The zero-order valence-corrected chi connectivity index (χ0v) is 14.2. The van der Waals surface area contributed by atoms with Crippen molar-refractivity contribution in [3.8, 4) is 5.75 Å². The van der Waals surface area contributed by atoms with Crippen LogP contribution in [-0.2, 0) is 22.8 Å². The van der Waals surface area contributed by atoms with Crippen LogP contribution in [0.25, 0.3) is 0 Å². The van der Waals surface area contributed by atoms with E-state index in [1.54, 1.807) is 36.4 Å². The van der Waals surface area contributed by atoms with Crippen LogP contribution in [0.15, 0.2) is 47.4 Å². The summed E-state index contributed by atoms with van der Waals surface area (Å²) in [7, 11) is -1.62. The van der Waals surface area contributed by atoms with Gasteiger partial charge in [0.25, 0.3) is 5.91 Å². The number of carbonyl (C=O) groups is 1. The van der Waals surface area contributed by atoms with Crippen molar-refractivity contribution < 1.29 is 17.9 Å². The molecule has 0 bridgehead atoms. The first kappa shape index (κ1) is 16.5. The van der Waals surface area contributed by atoms with Crippen molar-refractivity contribution in [1.29, 1.82) is 0 Å². The molecule has 126 valence electrons. The van der Waals surface area contributed by atoms with E-state index in [-0.39, 0.29) is 11.7 Å². The minimum atomic E-state index is -3.15. The molecule has 6 heteroatoms. The van der Waals surface area contributed by atoms with Gasteiger partial charge in [-0.1, -0.05) is 24.3 Å². The van der Waals surface area contributed by atoms with Crippen LogP contribution in [0.4, 0.5) is 0 Å². The third kappa shape index (κ3) is 3.28. The van der Waals surface area contributed by atoms with Gasteiger partial charge in [-0.15, -0.1) is 0 Å². The van der Waals surface area contributed by atoms with E-state index in [9.17, 15) is 13.2 Å². The summed E-state index contributed by atoms with van der Waals surface area (Å²) in [6.45, 7) is 0.338. The fourth-order valence-electron chi connectivity index (χ4n) is 2.91. The van der Waals surface area contributed by atoms with Crippen molar-refractivity contribution in [1.82, 2.24) is 5.32 Å². The Labute approximate surface area is 141 Å². The first-order valence-electron chi connectivity index (χ1n) is 7.77. The quantitative estimate of drug-likeness (QED) is 0.923. The third-order valence-corrected chi connectivity index (χ3v) is 6.02. The number of rotatable bonds is 4. The number of ether oxygens (including phenoxy) is 1. The van der Waals surface area contributed by atoms with Crippen molar-refractivity contribution in [3.05, 3.63) is 59.2 Å². The summed E-state index contributed by atoms with van der Waals surface area (Å²) in [6, 6.07) is 12.3. The molecule has 0 saturated carbocycles. The van der Waals surface area contributed by atoms with Crippen LogP contribution in [0, 0.1) is 0 Å². The second kappa shape index (κ2) is 6.65. The predicted octanol–water partition coefficient (Wildman–Crippen LogP) is 2.35. The predicted molar refractivity (Wildman–Crippen MR) is 91.0 cm³/mol. The van der Waals surface area contributed by atoms with E-state index in [1.165, 1.54) is 7.11 Å². The molecule has 1 heterocycles. The number of benzene rings is 2. The maximum absolute atomic E-state index is 12.3. The van der Waals surface area contributed by atoms with Gasteiger partial charge in [-0.3, -0.25) is 4.79 Å². The summed E-state index contributed by atoms with van der Waals surface area (Å²) >= 11 is 0. The number of aryl methyl sites for hydroxylation is 1. The summed E-state index contributed by atoms with van der Waals surface area (Å²) in [5.74, 6) is 0.508. The highest BCUT2D eigenvalue weighted by atomic mass is 32.2. The second-order valence-corrected chi connectivity index (χ2v) is 7.83. The Morgan fingerprint density at radius 3 is 2.79 bits per heavy atom. The Bertz CT molecular complexity index is 874. The summed E-state index contributed by atoms with van der Waals surface area (Å²) in [5.41, 5.74) is 2.19. The Morgan fingerprint density at radius 1 is 1.21 bits per heavy atom. The van der Waals surface area contributed by atoms with E-state index in [4.69, 9.17) is 4.74 Å². The molecule has 1 amide bonds. The molecule has 3 rings (SSSR count). The zero-order valence-electron chi connectivity index (χ0n) is 13.4. The van der Waals surface area contributed by atoms with E-state index >= 15 is 0 Å². The maximum atomic E-state index is 12.3. The average molecular weight is 345 g/mol. The minimum Gasteiger partial charge on any atom is -0.496 e. The fraction of sp³-hybridized carbons (Fsp3) is 0.278. The number of amides is 1. The molecular weight excluding hydrogens is 326 g/mol. The molecule has 24 heavy (non-hydrogen) atoms. The molecule has 0 spiro atoms. The highest BCUT2D eigenvalue weighted by molar-refractivity contribution is 7.91. The van der Waals surface area contributed by atoms with Crippen molar-refractivity contribution in [2.75, 3.05) is 12.9 Å². The first-order valence-corrected chi connectivity index (χ1v) is 9.42. The van der Waals surface area contributed by atoms with Crippen molar-refractivity contribution in [3.63, 3.8) is 0 Å². The maximum Gasteiger partial charge on any atom is 0.255 e. The van der Waals surface area contributed by atoms with E-state index in [0.29, 0.717) is 29.2 Å². The molecule has 0 atom stereocenters. The van der Waals surface area contributed by atoms with Crippen LogP contribution in [0.5, 0.6) is 5.75 Å².